The van der Waals surface area contributed by atoms with E-state index in [1.807, 2.05) is 6.07 Å². The Kier molecular flexibility index (Phi) is 3.35. The van der Waals surface area contributed by atoms with Crippen molar-refractivity contribution < 1.29 is 8.78 Å². The van der Waals surface area contributed by atoms with Crippen LogP contribution < -0.4 is 0 Å². The molecule has 0 fully saturated rings. The largest absolute Gasteiger partial charge is 0.248 e. The van der Waals surface area contributed by atoms with Gasteiger partial charge in [0.25, 0.3) is 0 Å². The Bertz CT molecular complexity index is 576. The molecule has 2 rings (SSSR count). The van der Waals surface area contributed by atoms with Crippen molar-refractivity contribution in [1.82, 2.24) is 4.98 Å². The van der Waals surface area contributed by atoms with Crippen LogP contribution in [0.15, 0.2) is 46.5 Å². The first kappa shape index (κ1) is 11.6. The van der Waals surface area contributed by atoms with Crippen molar-refractivity contribution in [3.05, 3.63) is 53.7 Å². The highest BCUT2D eigenvalue weighted by Gasteiger charge is 2.04. The van der Waals surface area contributed by atoms with Gasteiger partial charge in [0, 0.05) is 11.1 Å². The van der Waals surface area contributed by atoms with Crippen LogP contribution in [0, 0.1) is 23.0 Å². The molecular formula is C12H6F2N2S. The fourth-order valence-corrected chi connectivity index (χ4v) is 1.95. The molecule has 0 amide bonds. The van der Waals surface area contributed by atoms with Gasteiger partial charge in [-0.1, -0.05) is 11.8 Å². The van der Waals surface area contributed by atoms with E-state index in [-0.39, 0.29) is 0 Å². The van der Waals surface area contributed by atoms with Gasteiger partial charge >= 0.3 is 0 Å². The predicted molar refractivity (Wildman–Crippen MR) is 59.4 cm³/mol. The van der Waals surface area contributed by atoms with Crippen LogP contribution in [0.2, 0.25) is 0 Å². The molecule has 0 N–H and O–H groups in total. The summed E-state index contributed by atoms with van der Waals surface area (Å²) in [6.45, 7) is 0. The van der Waals surface area contributed by atoms with Crippen molar-refractivity contribution in [3.8, 4) is 6.07 Å². The summed E-state index contributed by atoms with van der Waals surface area (Å²) >= 11 is 1.20. The lowest BCUT2D eigenvalue weighted by atomic mass is 10.3. The highest BCUT2D eigenvalue weighted by atomic mass is 32.2. The molecular weight excluding hydrogens is 242 g/mol. The highest BCUT2D eigenvalue weighted by molar-refractivity contribution is 7.99. The number of rotatable bonds is 2. The van der Waals surface area contributed by atoms with E-state index in [0.29, 0.717) is 15.5 Å². The normalized spacial score (nSPS) is 9.94. The second kappa shape index (κ2) is 4.93. The minimum absolute atomic E-state index is 0.458. The molecule has 0 aliphatic heterocycles. The molecule has 1 aromatic heterocycles. The second-order valence-corrected chi connectivity index (χ2v) is 4.27. The van der Waals surface area contributed by atoms with E-state index >= 15 is 0 Å². The van der Waals surface area contributed by atoms with Gasteiger partial charge in [0.2, 0.25) is 0 Å². The Morgan fingerprint density at radius 3 is 2.53 bits per heavy atom. The Morgan fingerprint density at radius 2 is 1.94 bits per heavy atom. The molecule has 0 unspecified atom stereocenters. The van der Waals surface area contributed by atoms with Crippen LogP contribution >= 0.6 is 11.8 Å². The number of benzene rings is 1. The standard InChI is InChI=1S/C12H6F2N2S/c13-10-3-2-9(5-11(10)14)17-12-4-1-8(6-15)7-16-12/h1-5,7H. The van der Waals surface area contributed by atoms with Crippen molar-refractivity contribution in [1.29, 1.82) is 5.26 Å². The first-order chi connectivity index (χ1) is 8.19. The first-order valence-corrected chi connectivity index (χ1v) is 5.50. The summed E-state index contributed by atoms with van der Waals surface area (Å²) in [6.07, 6.45) is 1.43. The van der Waals surface area contributed by atoms with Crippen molar-refractivity contribution in [2.45, 2.75) is 9.92 Å². The maximum Gasteiger partial charge on any atom is 0.159 e. The van der Waals surface area contributed by atoms with E-state index in [1.54, 1.807) is 12.1 Å². The molecule has 0 bridgehead atoms. The number of nitrogens with zero attached hydrogens (tertiary/aromatic N) is 2. The molecule has 0 aliphatic carbocycles. The molecule has 84 valence electrons. The van der Waals surface area contributed by atoms with E-state index in [2.05, 4.69) is 4.98 Å². The van der Waals surface area contributed by atoms with E-state index < -0.39 is 11.6 Å². The van der Waals surface area contributed by atoms with E-state index in [4.69, 9.17) is 5.26 Å². The number of hydrogen-bond acceptors (Lipinski definition) is 3. The van der Waals surface area contributed by atoms with Crippen LogP contribution in [0.3, 0.4) is 0 Å². The minimum Gasteiger partial charge on any atom is -0.248 e. The summed E-state index contributed by atoms with van der Waals surface area (Å²) in [6, 6.07) is 8.89. The molecule has 0 atom stereocenters. The zero-order chi connectivity index (χ0) is 12.3. The molecule has 0 saturated heterocycles. The molecule has 0 spiro atoms. The third kappa shape index (κ3) is 2.80. The summed E-state index contributed by atoms with van der Waals surface area (Å²) in [5.41, 5.74) is 0.458. The van der Waals surface area contributed by atoms with Crippen LogP contribution in [0.1, 0.15) is 5.56 Å². The second-order valence-electron chi connectivity index (χ2n) is 3.17. The van der Waals surface area contributed by atoms with Gasteiger partial charge in [-0.05, 0) is 30.3 Å². The van der Waals surface area contributed by atoms with Gasteiger partial charge in [-0.3, -0.25) is 0 Å². The summed E-state index contributed by atoms with van der Waals surface area (Å²) < 4.78 is 25.6. The topological polar surface area (TPSA) is 36.7 Å². The van der Waals surface area contributed by atoms with E-state index in [9.17, 15) is 8.78 Å². The molecule has 0 saturated carbocycles. The summed E-state index contributed by atoms with van der Waals surface area (Å²) in [5.74, 6) is -1.76. The van der Waals surface area contributed by atoms with Gasteiger partial charge in [0.05, 0.1) is 5.56 Å². The summed E-state index contributed by atoms with van der Waals surface area (Å²) in [5, 5.41) is 9.22. The Hall–Kier alpha value is -1.93. The summed E-state index contributed by atoms with van der Waals surface area (Å²) in [7, 11) is 0. The first-order valence-electron chi connectivity index (χ1n) is 4.68. The predicted octanol–water partition coefficient (Wildman–Crippen LogP) is 3.38. The van der Waals surface area contributed by atoms with Gasteiger partial charge in [-0.15, -0.1) is 0 Å². The number of nitriles is 1. The molecule has 0 aliphatic rings. The molecule has 17 heavy (non-hydrogen) atoms. The monoisotopic (exact) mass is 248 g/mol. The lowest BCUT2D eigenvalue weighted by molar-refractivity contribution is 0.506. The maximum absolute atomic E-state index is 12.9. The number of hydrogen-bond donors (Lipinski definition) is 0. The van der Waals surface area contributed by atoms with E-state index in [0.717, 1.165) is 12.1 Å². The van der Waals surface area contributed by atoms with Crippen molar-refractivity contribution in [2.75, 3.05) is 0 Å². The zero-order valence-corrected chi connectivity index (χ0v) is 9.34. The van der Waals surface area contributed by atoms with Crippen molar-refractivity contribution >= 4 is 11.8 Å². The molecule has 5 heteroatoms. The molecule has 1 aromatic carbocycles. The van der Waals surface area contributed by atoms with Crippen LogP contribution in [-0.2, 0) is 0 Å². The third-order valence-electron chi connectivity index (χ3n) is 1.98. The van der Waals surface area contributed by atoms with Gasteiger partial charge in [0.1, 0.15) is 11.1 Å². The number of aromatic nitrogens is 1. The van der Waals surface area contributed by atoms with Gasteiger partial charge < -0.3 is 0 Å². The average Bonchev–Trinajstić information content (AvgIpc) is 2.35. The molecule has 1 heterocycles. The highest BCUT2D eigenvalue weighted by Crippen LogP contribution is 2.26. The Balaban J connectivity index is 2.20. The van der Waals surface area contributed by atoms with Crippen LogP contribution in [0.4, 0.5) is 8.78 Å². The zero-order valence-electron chi connectivity index (χ0n) is 8.52. The SMILES string of the molecule is N#Cc1ccc(Sc2ccc(F)c(F)c2)nc1. The summed E-state index contributed by atoms with van der Waals surface area (Å²) in [4.78, 5) is 4.58. The smallest absolute Gasteiger partial charge is 0.159 e. The van der Waals surface area contributed by atoms with E-state index in [1.165, 1.54) is 24.0 Å². The Labute approximate surface area is 101 Å². The van der Waals surface area contributed by atoms with Gasteiger partial charge in [-0.25, -0.2) is 13.8 Å². The van der Waals surface area contributed by atoms with Crippen LogP contribution in [-0.4, -0.2) is 4.98 Å². The quantitative estimate of drug-likeness (QED) is 0.817. The average molecular weight is 248 g/mol. The molecule has 2 nitrogen and oxygen atoms in total. The Morgan fingerprint density at radius 1 is 1.12 bits per heavy atom. The molecule has 0 radical (unpaired) electrons. The minimum atomic E-state index is -0.886. The lowest BCUT2D eigenvalue weighted by Crippen LogP contribution is -1.85. The molecule has 2 aromatic rings. The van der Waals surface area contributed by atoms with Crippen molar-refractivity contribution in [3.63, 3.8) is 0 Å². The van der Waals surface area contributed by atoms with Crippen LogP contribution in [0.5, 0.6) is 0 Å². The van der Waals surface area contributed by atoms with Gasteiger partial charge in [-0.2, -0.15) is 5.26 Å². The van der Waals surface area contributed by atoms with Gasteiger partial charge in [0.15, 0.2) is 11.6 Å². The number of halogens is 2. The number of pyridine rings is 1. The van der Waals surface area contributed by atoms with Crippen LogP contribution in [0.25, 0.3) is 0 Å². The fraction of sp³-hybridized carbons (Fsp3) is 0. The fourth-order valence-electron chi connectivity index (χ4n) is 1.17. The maximum atomic E-state index is 12.9. The lowest BCUT2D eigenvalue weighted by Gasteiger charge is -2.01. The van der Waals surface area contributed by atoms with Crippen molar-refractivity contribution in [2.24, 2.45) is 0 Å². The third-order valence-corrected chi connectivity index (χ3v) is 2.92.